The van der Waals surface area contributed by atoms with Gasteiger partial charge in [0.05, 0.1) is 12.5 Å². The Morgan fingerprint density at radius 2 is 2.14 bits per heavy atom. The molecule has 0 saturated heterocycles. The largest absolute Gasteiger partial charge is 0.453 e. The summed E-state index contributed by atoms with van der Waals surface area (Å²) in [7, 11) is -3.23. The average molecular weight is 421 g/mol. The SMILES string of the molecule is CCN(CCCNC(=O)/C=C/c1ccc(Oc2cccnc2)c(F)c1)S(C)(=O)=O. The van der Waals surface area contributed by atoms with Crippen LogP contribution in [0.5, 0.6) is 11.5 Å². The van der Waals surface area contributed by atoms with Crippen LogP contribution < -0.4 is 10.1 Å². The van der Waals surface area contributed by atoms with E-state index in [0.717, 1.165) is 6.26 Å². The van der Waals surface area contributed by atoms with Crippen molar-refractivity contribution in [2.24, 2.45) is 0 Å². The Hall–Kier alpha value is -2.78. The normalized spacial score (nSPS) is 11.7. The minimum absolute atomic E-state index is 0.0611. The van der Waals surface area contributed by atoms with Crippen molar-refractivity contribution >= 4 is 22.0 Å². The molecule has 29 heavy (non-hydrogen) atoms. The van der Waals surface area contributed by atoms with Crippen LogP contribution in [0.15, 0.2) is 48.8 Å². The van der Waals surface area contributed by atoms with E-state index in [4.69, 9.17) is 4.74 Å². The molecule has 2 aromatic rings. The Balaban J connectivity index is 1.83. The number of carbonyl (C=O) groups excluding carboxylic acids is 1. The molecule has 0 aliphatic heterocycles. The fraction of sp³-hybridized carbons (Fsp3) is 0.300. The van der Waals surface area contributed by atoms with Gasteiger partial charge in [0.15, 0.2) is 11.6 Å². The van der Waals surface area contributed by atoms with Gasteiger partial charge < -0.3 is 10.1 Å². The van der Waals surface area contributed by atoms with Gasteiger partial charge in [0.2, 0.25) is 15.9 Å². The zero-order chi connectivity index (χ0) is 21.3. The van der Waals surface area contributed by atoms with Crippen molar-refractivity contribution in [2.75, 3.05) is 25.9 Å². The number of rotatable bonds is 10. The molecule has 2 rings (SSSR count). The topological polar surface area (TPSA) is 88.6 Å². The summed E-state index contributed by atoms with van der Waals surface area (Å²) in [5.41, 5.74) is 0.505. The van der Waals surface area contributed by atoms with Crippen LogP contribution in [-0.2, 0) is 14.8 Å². The number of nitrogens with one attached hydrogen (secondary N) is 1. The van der Waals surface area contributed by atoms with Crippen molar-refractivity contribution in [3.05, 3.63) is 60.2 Å². The third-order valence-electron chi connectivity index (χ3n) is 3.95. The first kappa shape index (κ1) is 22.5. The number of pyridine rings is 1. The summed E-state index contributed by atoms with van der Waals surface area (Å²) in [5.74, 6) is -0.419. The van der Waals surface area contributed by atoms with E-state index in [0.29, 0.717) is 37.4 Å². The number of ether oxygens (including phenoxy) is 1. The van der Waals surface area contributed by atoms with Gasteiger partial charge in [-0.1, -0.05) is 13.0 Å². The molecule has 0 fully saturated rings. The summed E-state index contributed by atoms with van der Waals surface area (Å²) in [6.45, 7) is 2.82. The molecule has 156 valence electrons. The number of benzene rings is 1. The monoisotopic (exact) mass is 421 g/mol. The molecule has 0 spiro atoms. The molecule has 1 heterocycles. The van der Waals surface area contributed by atoms with Crippen molar-refractivity contribution in [3.8, 4) is 11.5 Å². The minimum atomic E-state index is -3.23. The van der Waals surface area contributed by atoms with E-state index in [9.17, 15) is 17.6 Å². The van der Waals surface area contributed by atoms with Crippen LogP contribution in [0.3, 0.4) is 0 Å². The third-order valence-corrected chi connectivity index (χ3v) is 5.33. The van der Waals surface area contributed by atoms with Crippen molar-refractivity contribution in [2.45, 2.75) is 13.3 Å². The van der Waals surface area contributed by atoms with Gasteiger partial charge in [-0.15, -0.1) is 0 Å². The van der Waals surface area contributed by atoms with Crippen LogP contribution in [0.4, 0.5) is 4.39 Å². The van der Waals surface area contributed by atoms with Crippen LogP contribution in [-0.4, -0.2) is 49.5 Å². The summed E-state index contributed by atoms with van der Waals surface area (Å²) in [4.78, 5) is 15.8. The summed E-state index contributed by atoms with van der Waals surface area (Å²) in [5, 5.41) is 2.67. The van der Waals surface area contributed by atoms with Crippen molar-refractivity contribution < 1.29 is 22.3 Å². The molecule has 1 amide bonds. The Kier molecular flexibility index (Phi) is 8.29. The second-order valence-electron chi connectivity index (χ2n) is 6.21. The number of amides is 1. The highest BCUT2D eigenvalue weighted by atomic mass is 32.2. The molecule has 1 aromatic carbocycles. The molecule has 0 radical (unpaired) electrons. The number of hydrogen-bond donors (Lipinski definition) is 1. The van der Waals surface area contributed by atoms with Gasteiger partial charge in [0, 0.05) is 31.9 Å². The lowest BCUT2D eigenvalue weighted by molar-refractivity contribution is -0.116. The standard InChI is InChI=1S/C20H24FN3O4S/c1-3-24(29(2,26)27)13-5-12-23-20(25)10-8-16-7-9-19(18(21)14-16)28-17-6-4-11-22-15-17/h4,6-11,14-15H,3,5,12-13H2,1-2H3,(H,23,25)/b10-8+. The highest BCUT2D eigenvalue weighted by molar-refractivity contribution is 7.88. The Labute approximate surface area is 170 Å². The first-order valence-corrected chi connectivity index (χ1v) is 10.9. The molecule has 0 saturated carbocycles. The molecular formula is C20H24FN3O4S. The molecule has 9 heteroatoms. The van der Waals surface area contributed by atoms with E-state index in [1.807, 2.05) is 0 Å². The number of carbonyl (C=O) groups is 1. The number of sulfonamides is 1. The molecule has 1 N–H and O–H groups in total. The first-order valence-electron chi connectivity index (χ1n) is 9.08. The Bertz CT molecular complexity index is 949. The summed E-state index contributed by atoms with van der Waals surface area (Å²) in [6, 6.07) is 7.72. The van der Waals surface area contributed by atoms with E-state index in [-0.39, 0.29) is 11.7 Å². The molecule has 1 aromatic heterocycles. The number of halogens is 1. The highest BCUT2D eigenvalue weighted by Crippen LogP contribution is 2.24. The molecule has 0 bridgehead atoms. The fourth-order valence-corrected chi connectivity index (χ4v) is 3.42. The van der Waals surface area contributed by atoms with Gasteiger partial charge in [0.1, 0.15) is 5.75 Å². The van der Waals surface area contributed by atoms with Crippen LogP contribution in [0.1, 0.15) is 18.9 Å². The van der Waals surface area contributed by atoms with Gasteiger partial charge in [-0.05, 0) is 42.3 Å². The summed E-state index contributed by atoms with van der Waals surface area (Å²) in [6.07, 6.45) is 7.51. The van der Waals surface area contributed by atoms with Crippen LogP contribution >= 0.6 is 0 Å². The number of hydrogen-bond acceptors (Lipinski definition) is 5. The van der Waals surface area contributed by atoms with E-state index in [1.54, 1.807) is 31.3 Å². The molecule has 7 nitrogen and oxygen atoms in total. The molecular weight excluding hydrogens is 397 g/mol. The quantitative estimate of drug-likeness (QED) is 0.471. The smallest absolute Gasteiger partial charge is 0.243 e. The van der Waals surface area contributed by atoms with E-state index in [1.165, 1.54) is 34.8 Å². The van der Waals surface area contributed by atoms with E-state index >= 15 is 0 Å². The minimum Gasteiger partial charge on any atom is -0.453 e. The Morgan fingerprint density at radius 3 is 2.76 bits per heavy atom. The van der Waals surface area contributed by atoms with Gasteiger partial charge >= 0.3 is 0 Å². The molecule has 0 aliphatic carbocycles. The second kappa shape index (κ2) is 10.7. The van der Waals surface area contributed by atoms with E-state index in [2.05, 4.69) is 10.3 Å². The predicted molar refractivity (Wildman–Crippen MR) is 109 cm³/mol. The maximum atomic E-state index is 14.2. The van der Waals surface area contributed by atoms with Gasteiger partial charge in [-0.2, -0.15) is 0 Å². The second-order valence-corrected chi connectivity index (χ2v) is 8.20. The zero-order valence-corrected chi connectivity index (χ0v) is 17.2. The lowest BCUT2D eigenvalue weighted by atomic mass is 10.2. The average Bonchev–Trinajstić information content (AvgIpc) is 2.68. The van der Waals surface area contributed by atoms with Crippen LogP contribution in [0.2, 0.25) is 0 Å². The number of nitrogens with zero attached hydrogens (tertiary/aromatic N) is 2. The van der Waals surface area contributed by atoms with Crippen molar-refractivity contribution in [1.29, 1.82) is 0 Å². The highest BCUT2D eigenvalue weighted by Gasteiger charge is 2.13. The number of aromatic nitrogens is 1. The van der Waals surface area contributed by atoms with Gasteiger partial charge in [0.25, 0.3) is 0 Å². The van der Waals surface area contributed by atoms with Crippen LogP contribution in [0, 0.1) is 5.82 Å². The van der Waals surface area contributed by atoms with Crippen molar-refractivity contribution in [1.82, 2.24) is 14.6 Å². The lowest BCUT2D eigenvalue weighted by Gasteiger charge is -2.17. The first-order chi connectivity index (χ1) is 13.8. The Morgan fingerprint density at radius 1 is 1.34 bits per heavy atom. The lowest BCUT2D eigenvalue weighted by Crippen LogP contribution is -2.33. The maximum absolute atomic E-state index is 14.2. The predicted octanol–water partition coefficient (Wildman–Crippen LogP) is 2.81. The van der Waals surface area contributed by atoms with Gasteiger partial charge in [-0.3, -0.25) is 9.78 Å². The third kappa shape index (κ3) is 7.63. The molecule has 0 aliphatic rings. The molecule has 0 atom stereocenters. The van der Waals surface area contributed by atoms with E-state index < -0.39 is 15.8 Å². The zero-order valence-electron chi connectivity index (χ0n) is 16.3. The summed E-state index contributed by atoms with van der Waals surface area (Å²) >= 11 is 0. The summed E-state index contributed by atoms with van der Waals surface area (Å²) < 4.78 is 43.9. The van der Waals surface area contributed by atoms with Gasteiger partial charge in [-0.25, -0.2) is 17.1 Å². The fourth-order valence-electron chi connectivity index (χ4n) is 2.49. The van der Waals surface area contributed by atoms with Crippen LogP contribution in [0.25, 0.3) is 6.08 Å². The van der Waals surface area contributed by atoms with Crippen molar-refractivity contribution in [3.63, 3.8) is 0 Å². The maximum Gasteiger partial charge on any atom is 0.243 e. The molecule has 0 unspecified atom stereocenters.